The van der Waals surface area contributed by atoms with Gasteiger partial charge in [-0.05, 0) is 26.7 Å². The van der Waals surface area contributed by atoms with Crippen molar-refractivity contribution in [1.82, 2.24) is 9.97 Å². The fourth-order valence-electron chi connectivity index (χ4n) is 2.24. The highest BCUT2D eigenvalue weighted by atomic mass is 32.1. The van der Waals surface area contributed by atoms with Gasteiger partial charge in [0.2, 0.25) is 5.91 Å². The number of hydrogen-bond donors (Lipinski definition) is 2. The van der Waals surface area contributed by atoms with Gasteiger partial charge < -0.3 is 10.4 Å². The predicted molar refractivity (Wildman–Crippen MR) is 84.8 cm³/mol. The van der Waals surface area contributed by atoms with Crippen LogP contribution in [-0.2, 0) is 4.79 Å². The molecule has 0 bridgehead atoms. The number of carbonyl (C=O) groups excluding carboxylic acids is 1. The number of aromatic nitrogens is 2. The molecule has 22 heavy (non-hydrogen) atoms. The molecule has 118 valence electrons. The van der Waals surface area contributed by atoms with Gasteiger partial charge in [0.25, 0.3) is 0 Å². The minimum atomic E-state index is -0.846. The van der Waals surface area contributed by atoms with Crippen molar-refractivity contribution in [1.29, 1.82) is 0 Å². The predicted octanol–water partition coefficient (Wildman–Crippen LogP) is 3.31. The van der Waals surface area contributed by atoms with Gasteiger partial charge in [-0.2, -0.15) is 0 Å². The molecule has 3 rings (SSSR count). The standard InChI is InChI=1S/C14H16FN3O2S2/c1-6-11(22-13(16-6)7(2)19)10-5-21-14(17-10)18-12(20)8-3-9(15)4-8/h5,7-9,19H,3-4H2,1-2H3,(H,17,18,20). The lowest BCUT2D eigenvalue weighted by atomic mass is 9.83. The van der Waals surface area contributed by atoms with Crippen molar-refractivity contribution in [2.45, 2.75) is 39.0 Å². The van der Waals surface area contributed by atoms with Crippen molar-refractivity contribution in [2.75, 3.05) is 5.32 Å². The second-order valence-corrected chi connectivity index (χ2v) is 7.32. The highest BCUT2D eigenvalue weighted by Gasteiger charge is 2.34. The van der Waals surface area contributed by atoms with Gasteiger partial charge in [-0.1, -0.05) is 0 Å². The quantitative estimate of drug-likeness (QED) is 0.894. The summed E-state index contributed by atoms with van der Waals surface area (Å²) in [6, 6.07) is 0. The van der Waals surface area contributed by atoms with Gasteiger partial charge in [0.15, 0.2) is 5.13 Å². The summed E-state index contributed by atoms with van der Waals surface area (Å²) in [6.45, 7) is 3.54. The number of amides is 1. The van der Waals surface area contributed by atoms with Crippen LogP contribution in [0.25, 0.3) is 10.6 Å². The normalized spacial score (nSPS) is 22.2. The number of alkyl halides is 1. The zero-order valence-electron chi connectivity index (χ0n) is 12.2. The second-order valence-electron chi connectivity index (χ2n) is 5.44. The van der Waals surface area contributed by atoms with Crippen molar-refractivity contribution >= 4 is 33.7 Å². The van der Waals surface area contributed by atoms with E-state index in [9.17, 15) is 14.3 Å². The Labute approximate surface area is 135 Å². The van der Waals surface area contributed by atoms with Gasteiger partial charge >= 0.3 is 0 Å². The average Bonchev–Trinajstić information content (AvgIpc) is 3.01. The third-order valence-electron chi connectivity index (χ3n) is 3.59. The number of halogens is 1. The van der Waals surface area contributed by atoms with Crippen LogP contribution >= 0.6 is 22.7 Å². The van der Waals surface area contributed by atoms with Gasteiger partial charge in [0.1, 0.15) is 17.3 Å². The van der Waals surface area contributed by atoms with Crippen molar-refractivity contribution in [3.8, 4) is 10.6 Å². The molecule has 8 heteroatoms. The van der Waals surface area contributed by atoms with E-state index in [2.05, 4.69) is 15.3 Å². The Morgan fingerprint density at radius 2 is 2.23 bits per heavy atom. The van der Waals surface area contributed by atoms with E-state index in [1.807, 2.05) is 12.3 Å². The molecular formula is C14H16FN3O2S2. The third kappa shape index (κ3) is 3.04. The molecule has 2 heterocycles. The number of aliphatic hydroxyl groups is 1. The number of nitrogens with zero attached hydrogens (tertiary/aromatic N) is 2. The molecule has 2 N–H and O–H groups in total. The number of aliphatic hydroxyl groups excluding tert-OH is 1. The van der Waals surface area contributed by atoms with Gasteiger partial charge in [-0.15, -0.1) is 22.7 Å². The molecule has 0 spiro atoms. The Hall–Kier alpha value is -1.38. The molecule has 0 radical (unpaired) electrons. The van der Waals surface area contributed by atoms with Crippen molar-refractivity contribution in [3.63, 3.8) is 0 Å². The van der Waals surface area contributed by atoms with Gasteiger partial charge in [0.05, 0.1) is 16.3 Å². The molecular weight excluding hydrogens is 325 g/mol. The van der Waals surface area contributed by atoms with E-state index in [1.54, 1.807) is 6.92 Å². The summed E-state index contributed by atoms with van der Waals surface area (Å²) in [5.41, 5.74) is 1.54. The number of thiazole rings is 2. The Kier molecular flexibility index (Phi) is 4.24. The highest BCUT2D eigenvalue weighted by molar-refractivity contribution is 7.17. The Morgan fingerprint density at radius 3 is 2.82 bits per heavy atom. The van der Waals surface area contributed by atoms with Crippen LogP contribution in [0.2, 0.25) is 0 Å². The van der Waals surface area contributed by atoms with Crippen LogP contribution in [0, 0.1) is 12.8 Å². The number of nitrogens with one attached hydrogen (secondary N) is 1. The summed E-state index contributed by atoms with van der Waals surface area (Å²) >= 11 is 2.73. The van der Waals surface area contributed by atoms with E-state index in [0.717, 1.165) is 16.3 Å². The maximum atomic E-state index is 12.8. The topological polar surface area (TPSA) is 75.1 Å². The van der Waals surface area contributed by atoms with E-state index >= 15 is 0 Å². The van der Waals surface area contributed by atoms with E-state index in [-0.39, 0.29) is 11.8 Å². The summed E-state index contributed by atoms with van der Waals surface area (Å²) < 4.78 is 12.8. The SMILES string of the molecule is Cc1nc(C(C)O)sc1-c1csc(NC(=O)C2CC(F)C2)n1. The monoisotopic (exact) mass is 341 g/mol. The maximum Gasteiger partial charge on any atom is 0.229 e. The average molecular weight is 341 g/mol. The van der Waals surface area contributed by atoms with Crippen LogP contribution in [0.15, 0.2) is 5.38 Å². The molecule has 1 fully saturated rings. The largest absolute Gasteiger partial charge is 0.386 e. The minimum absolute atomic E-state index is 0.166. The summed E-state index contributed by atoms with van der Waals surface area (Å²) in [5.74, 6) is -0.408. The van der Waals surface area contributed by atoms with Crippen molar-refractivity contribution in [3.05, 3.63) is 16.1 Å². The lowest BCUT2D eigenvalue weighted by Gasteiger charge is -2.27. The molecule has 1 saturated carbocycles. The second kappa shape index (κ2) is 6.02. The summed E-state index contributed by atoms with van der Waals surface area (Å²) in [7, 11) is 0. The van der Waals surface area contributed by atoms with Crippen molar-refractivity contribution in [2.24, 2.45) is 5.92 Å². The smallest absolute Gasteiger partial charge is 0.229 e. The molecule has 1 unspecified atom stereocenters. The number of anilines is 1. The molecule has 2 aromatic heterocycles. The molecule has 1 aliphatic rings. The number of rotatable bonds is 4. The maximum absolute atomic E-state index is 12.8. The van der Waals surface area contributed by atoms with Gasteiger partial charge in [-0.25, -0.2) is 14.4 Å². The number of aryl methyl sites for hydroxylation is 1. The molecule has 1 atom stereocenters. The summed E-state index contributed by atoms with van der Waals surface area (Å²) in [5, 5.41) is 15.3. The molecule has 0 aliphatic heterocycles. The molecule has 1 aliphatic carbocycles. The number of hydrogen-bond acceptors (Lipinski definition) is 6. The van der Waals surface area contributed by atoms with Gasteiger partial charge in [-0.3, -0.25) is 4.79 Å². The molecule has 1 amide bonds. The lowest BCUT2D eigenvalue weighted by Crippen LogP contribution is -2.35. The van der Waals surface area contributed by atoms with Crippen LogP contribution in [0.1, 0.15) is 36.6 Å². The number of carbonyl (C=O) groups is 1. The zero-order chi connectivity index (χ0) is 15.9. The highest BCUT2D eigenvalue weighted by Crippen LogP contribution is 2.35. The fraction of sp³-hybridized carbons (Fsp3) is 0.500. The first-order valence-electron chi connectivity index (χ1n) is 7.00. The minimum Gasteiger partial charge on any atom is -0.386 e. The van der Waals surface area contributed by atoms with Crippen LogP contribution in [-0.4, -0.2) is 27.2 Å². The fourth-order valence-corrected chi connectivity index (χ4v) is 3.98. The first kappa shape index (κ1) is 15.5. The van der Waals surface area contributed by atoms with Gasteiger partial charge in [0, 0.05) is 11.3 Å². The van der Waals surface area contributed by atoms with E-state index < -0.39 is 12.3 Å². The first-order valence-corrected chi connectivity index (χ1v) is 8.70. The third-order valence-corrected chi connectivity index (χ3v) is 5.70. The van der Waals surface area contributed by atoms with Crippen LogP contribution < -0.4 is 5.32 Å². The van der Waals surface area contributed by atoms with E-state index in [4.69, 9.17) is 0 Å². The van der Waals surface area contributed by atoms with E-state index in [1.165, 1.54) is 22.7 Å². The Bertz CT molecular complexity index is 692. The summed E-state index contributed by atoms with van der Waals surface area (Å²) in [4.78, 5) is 21.5. The van der Waals surface area contributed by atoms with Crippen LogP contribution in [0.4, 0.5) is 9.52 Å². The molecule has 0 aromatic carbocycles. The van der Waals surface area contributed by atoms with Crippen LogP contribution in [0.3, 0.4) is 0 Å². The molecule has 2 aromatic rings. The summed E-state index contributed by atoms with van der Waals surface area (Å²) in [6.07, 6.45) is -0.852. The Balaban J connectivity index is 1.72. The van der Waals surface area contributed by atoms with E-state index in [0.29, 0.717) is 23.0 Å². The molecule has 5 nitrogen and oxygen atoms in total. The van der Waals surface area contributed by atoms with Crippen LogP contribution in [0.5, 0.6) is 0 Å². The first-order chi connectivity index (χ1) is 10.4. The zero-order valence-corrected chi connectivity index (χ0v) is 13.8. The molecule has 0 saturated heterocycles. The Morgan fingerprint density at radius 1 is 1.50 bits per heavy atom. The lowest BCUT2D eigenvalue weighted by molar-refractivity contribution is -0.124. The van der Waals surface area contributed by atoms with Crippen molar-refractivity contribution < 1.29 is 14.3 Å².